The van der Waals surface area contributed by atoms with Crippen LogP contribution in [0.4, 0.5) is 0 Å². The van der Waals surface area contributed by atoms with Gasteiger partial charge < -0.3 is 9.84 Å². The molecule has 2 atom stereocenters. The predicted molar refractivity (Wildman–Crippen MR) is 80.6 cm³/mol. The summed E-state index contributed by atoms with van der Waals surface area (Å²) in [4.78, 5) is 0. The number of rotatable bonds is 6. The van der Waals surface area contributed by atoms with E-state index in [-0.39, 0.29) is 11.5 Å². The molecule has 1 aromatic rings. The molecule has 1 aromatic carbocycles. The average molecular weight is 264 g/mol. The van der Waals surface area contributed by atoms with Gasteiger partial charge in [-0.1, -0.05) is 58.4 Å². The second-order valence-electron chi connectivity index (χ2n) is 6.28. The molecule has 19 heavy (non-hydrogen) atoms. The SMILES string of the molecule is CCCC(OC)C(O)Cc1ccc(C(C)(C)C)cc1. The Kier molecular flexibility index (Phi) is 6.02. The summed E-state index contributed by atoms with van der Waals surface area (Å²) < 4.78 is 5.35. The molecule has 0 bridgehead atoms. The quantitative estimate of drug-likeness (QED) is 0.849. The highest BCUT2D eigenvalue weighted by atomic mass is 16.5. The first-order chi connectivity index (χ1) is 8.88. The van der Waals surface area contributed by atoms with E-state index >= 15 is 0 Å². The van der Waals surface area contributed by atoms with Crippen molar-refractivity contribution in [3.05, 3.63) is 35.4 Å². The standard InChI is InChI=1S/C17H28O2/c1-6-7-16(19-5)15(18)12-13-8-10-14(11-9-13)17(2,3)4/h8-11,15-16,18H,6-7,12H2,1-5H3. The highest BCUT2D eigenvalue weighted by molar-refractivity contribution is 5.27. The molecule has 0 saturated carbocycles. The summed E-state index contributed by atoms with van der Waals surface area (Å²) in [5, 5.41) is 10.2. The molecule has 0 fully saturated rings. The number of aliphatic hydroxyl groups is 1. The van der Waals surface area contributed by atoms with Crippen molar-refractivity contribution in [1.82, 2.24) is 0 Å². The Hall–Kier alpha value is -0.860. The number of hydrogen-bond donors (Lipinski definition) is 1. The van der Waals surface area contributed by atoms with Gasteiger partial charge in [-0.15, -0.1) is 0 Å². The Morgan fingerprint density at radius 2 is 1.74 bits per heavy atom. The molecule has 0 amide bonds. The maximum Gasteiger partial charge on any atom is 0.0841 e. The molecule has 0 spiro atoms. The van der Waals surface area contributed by atoms with Crippen LogP contribution in [0.3, 0.4) is 0 Å². The van der Waals surface area contributed by atoms with E-state index in [4.69, 9.17) is 4.74 Å². The van der Waals surface area contributed by atoms with E-state index in [9.17, 15) is 5.11 Å². The molecule has 0 heterocycles. The lowest BCUT2D eigenvalue weighted by atomic mass is 9.86. The molecule has 0 radical (unpaired) electrons. The number of aliphatic hydroxyl groups excluding tert-OH is 1. The molecule has 0 saturated heterocycles. The van der Waals surface area contributed by atoms with E-state index in [1.807, 2.05) is 0 Å². The Morgan fingerprint density at radius 1 is 1.16 bits per heavy atom. The Balaban J connectivity index is 2.67. The fourth-order valence-electron chi connectivity index (χ4n) is 2.27. The molecular weight excluding hydrogens is 236 g/mol. The van der Waals surface area contributed by atoms with E-state index < -0.39 is 6.10 Å². The van der Waals surface area contributed by atoms with Crippen molar-refractivity contribution < 1.29 is 9.84 Å². The summed E-state index contributed by atoms with van der Waals surface area (Å²) in [6, 6.07) is 8.54. The fraction of sp³-hybridized carbons (Fsp3) is 0.647. The third-order valence-corrected chi connectivity index (χ3v) is 3.57. The minimum absolute atomic E-state index is 0.0627. The number of hydrogen-bond acceptors (Lipinski definition) is 2. The zero-order valence-corrected chi connectivity index (χ0v) is 12.9. The van der Waals surface area contributed by atoms with Crippen LogP contribution in [0.2, 0.25) is 0 Å². The lowest BCUT2D eigenvalue weighted by Crippen LogP contribution is -2.29. The molecule has 0 aromatic heterocycles. The van der Waals surface area contributed by atoms with Gasteiger partial charge in [-0.25, -0.2) is 0 Å². The summed E-state index contributed by atoms with van der Waals surface area (Å²) >= 11 is 0. The molecule has 0 aliphatic carbocycles. The zero-order valence-electron chi connectivity index (χ0n) is 12.9. The first-order valence-corrected chi connectivity index (χ1v) is 7.18. The fourth-order valence-corrected chi connectivity index (χ4v) is 2.27. The van der Waals surface area contributed by atoms with Crippen LogP contribution in [-0.2, 0) is 16.6 Å². The van der Waals surface area contributed by atoms with Crippen LogP contribution in [0.1, 0.15) is 51.7 Å². The summed E-state index contributed by atoms with van der Waals surface area (Å²) in [6.45, 7) is 8.73. The first kappa shape index (κ1) is 16.2. The summed E-state index contributed by atoms with van der Waals surface area (Å²) in [5.74, 6) is 0. The lowest BCUT2D eigenvalue weighted by Gasteiger charge is -2.22. The third-order valence-electron chi connectivity index (χ3n) is 3.57. The van der Waals surface area contributed by atoms with Crippen LogP contribution in [0.5, 0.6) is 0 Å². The van der Waals surface area contributed by atoms with Crippen LogP contribution >= 0.6 is 0 Å². The molecule has 1 rings (SSSR count). The second-order valence-corrected chi connectivity index (χ2v) is 6.28. The predicted octanol–water partition coefficient (Wildman–Crippen LogP) is 3.70. The highest BCUT2D eigenvalue weighted by Gasteiger charge is 2.19. The van der Waals surface area contributed by atoms with Gasteiger partial charge in [0.15, 0.2) is 0 Å². The van der Waals surface area contributed by atoms with Crippen LogP contribution in [-0.4, -0.2) is 24.4 Å². The maximum absolute atomic E-state index is 10.2. The lowest BCUT2D eigenvalue weighted by molar-refractivity contribution is -0.0159. The van der Waals surface area contributed by atoms with Crippen molar-refractivity contribution >= 4 is 0 Å². The van der Waals surface area contributed by atoms with E-state index in [0.717, 1.165) is 12.8 Å². The molecule has 0 aliphatic rings. The normalized spacial score (nSPS) is 15.3. The first-order valence-electron chi connectivity index (χ1n) is 7.18. The largest absolute Gasteiger partial charge is 0.390 e. The van der Waals surface area contributed by atoms with E-state index in [0.29, 0.717) is 6.42 Å². The van der Waals surface area contributed by atoms with Gasteiger partial charge in [-0.05, 0) is 23.0 Å². The van der Waals surface area contributed by atoms with E-state index in [1.54, 1.807) is 7.11 Å². The van der Waals surface area contributed by atoms with Crippen LogP contribution in [0, 0.1) is 0 Å². The van der Waals surface area contributed by atoms with E-state index in [2.05, 4.69) is 52.0 Å². The molecule has 108 valence electrons. The van der Waals surface area contributed by atoms with Gasteiger partial charge in [-0.2, -0.15) is 0 Å². The minimum Gasteiger partial charge on any atom is -0.390 e. The van der Waals surface area contributed by atoms with Crippen molar-refractivity contribution in [3.63, 3.8) is 0 Å². The molecular formula is C17H28O2. The smallest absolute Gasteiger partial charge is 0.0841 e. The van der Waals surface area contributed by atoms with Gasteiger partial charge in [-0.3, -0.25) is 0 Å². The van der Waals surface area contributed by atoms with Gasteiger partial charge in [0.05, 0.1) is 12.2 Å². The van der Waals surface area contributed by atoms with Crippen molar-refractivity contribution in [2.75, 3.05) is 7.11 Å². The highest BCUT2D eigenvalue weighted by Crippen LogP contribution is 2.23. The molecule has 1 N–H and O–H groups in total. The minimum atomic E-state index is -0.426. The van der Waals surface area contributed by atoms with Gasteiger partial charge in [0, 0.05) is 13.5 Å². The van der Waals surface area contributed by atoms with Gasteiger partial charge in [0.25, 0.3) is 0 Å². The van der Waals surface area contributed by atoms with Crippen molar-refractivity contribution in [2.24, 2.45) is 0 Å². The Bertz CT molecular complexity index is 362. The average Bonchev–Trinajstić information content (AvgIpc) is 2.35. The Labute approximate surface area is 117 Å². The van der Waals surface area contributed by atoms with Gasteiger partial charge in [0.2, 0.25) is 0 Å². The molecule has 2 nitrogen and oxygen atoms in total. The van der Waals surface area contributed by atoms with Crippen LogP contribution < -0.4 is 0 Å². The number of ether oxygens (including phenoxy) is 1. The van der Waals surface area contributed by atoms with Gasteiger partial charge in [0.1, 0.15) is 0 Å². The van der Waals surface area contributed by atoms with Crippen molar-refractivity contribution in [3.8, 4) is 0 Å². The van der Waals surface area contributed by atoms with Crippen LogP contribution in [0.15, 0.2) is 24.3 Å². The third kappa shape index (κ3) is 4.96. The molecule has 0 aliphatic heterocycles. The zero-order chi connectivity index (χ0) is 14.5. The summed E-state index contributed by atoms with van der Waals surface area (Å²) in [5.41, 5.74) is 2.66. The van der Waals surface area contributed by atoms with Gasteiger partial charge >= 0.3 is 0 Å². The topological polar surface area (TPSA) is 29.5 Å². The maximum atomic E-state index is 10.2. The van der Waals surface area contributed by atoms with Crippen molar-refractivity contribution in [2.45, 2.75) is 64.6 Å². The number of benzene rings is 1. The van der Waals surface area contributed by atoms with Crippen molar-refractivity contribution in [1.29, 1.82) is 0 Å². The monoisotopic (exact) mass is 264 g/mol. The second kappa shape index (κ2) is 7.06. The number of methoxy groups -OCH3 is 1. The van der Waals surface area contributed by atoms with E-state index in [1.165, 1.54) is 11.1 Å². The Morgan fingerprint density at radius 3 is 2.16 bits per heavy atom. The summed E-state index contributed by atoms with van der Waals surface area (Å²) in [6.07, 6.45) is 2.09. The summed E-state index contributed by atoms with van der Waals surface area (Å²) in [7, 11) is 1.67. The molecule has 2 unspecified atom stereocenters. The van der Waals surface area contributed by atoms with Crippen LogP contribution in [0.25, 0.3) is 0 Å². The molecule has 2 heteroatoms.